The molecular weight excluding hydrogens is 451 g/mol. The number of pyridine rings is 1. The number of para-hydroxylation sites is 1. The predicted molar refractivity (Wildman–Crippen MR) is 117 cm³/mol. The lowest BCUT2D eigenvalue weighted by Crippen LogP contribution is -2.14. The molecule has 0 aliphatic carbocycles. The summed E-state index contributed by atoms with van der Waals surface area (Å²) >= 11 is 2.23. The summed E-state index contributed by atoms with van der Waals surface area (Å²) in [5, 5.41) is 2.93. The van der Waals surface area contributed by atoms with Crippen molar-refractivity contribution >= 4 is 34.2 Å². The first-order valence-electron chi connectivity index (χ1n) is 8.75. The third-order valence-corrected chi connectivity index (χ3v) is 4.99. The van der Waals surface area contributed by atoms with Crippen LogP contribution >= 0.6 is 22.6 Å². The van der Waals surface area contributed by atoms with Gasteiger partial charge in [-0.25, -0.2) is 0 Å². The summed E-state index contributed by atoms with van der Waals surface area (Å²) in [6.45, 7) is 6.03. The van der Waals surface area contributed by atoms with Gasteiger partial charge in [-0.1, -0.05) is 32.0 Å². The Kier molecular flexibility index (Phi) is 6.11. The highest BCUT2D eigenvalue weighted by molar-refractivity contribution is 14.1. The number of hydrogen-bond acceptors (Lipinski definition) is 3. The number of nitrogens with one attached hydrogen (secondary N) is 1. The molecule has 1 amide bonds. The topological polar surface area (TPSA) is 51.2 Å². The number of aryl methyl sites for hydroxylation is 1. The zero-order valence-corrected chi connectivity index (χ0v) is 17.7. The number of amides is 1. The van der Waals surface area contributed by atoms with Crippen LogP contribution in [0, 0.1) is 10.5 Å². The highest BCUT2D eigenvalue weighted by atomic mass is 127. The fourth-order valence-corrected chi connectivity index (χ4v) is 3.13. The van der Waals surface area contributed by atoms with Gasteiger partial charge in [0.2, 0.25) is 0 Å². The highest BCUT2D eigenvalue weighted by Crippen LogP contribution is 2.28. The van der Waals surface area contributed by atoms with Crippen LogP contribution < -0.4 is 10.1 Å². The van der Waals surface area contributed by atoms with E-state index in [9.17, 15) is 4.79 Å². The van der Waals surface area contributed by atoms with Crippen LogP contribution in [-0.4, -0.2) is 10.9 Å². The third kappa shape index (κ3) is 4.86. The number of carbonyl (C=O) groups excluding carboxylic acids is 1. The van der Waals surface area contributed by atoms with Gasteiger partial charge in [0.05, 0.1) is 14.8 Å². The number of aromatic nitrogens is 1. The number of hydrogen-bond donors (Lipinski definition) is 1. The van der Waals surface area contributed by atoms with E-state index in [1.807, 2.05) is 67.6 Å². The van der Waals surface area contributed by atoms with Gasteiger partial charge in [-0.3, -0.25) is 9.78 Å². The molecule has 2 aromatic carbocycles. The van der Waals surface area contributed by atoms with Gasteiger partial charge in [0, 0.05) is 17.4 Å². The van der Waals surface area contributed by atoms with Crippen LogP contribution in [0.15, 0.2) is 60.7 Å². The second kappa shape index (κ2) is 8.52. The molecular formula is C22H21IN2O2. The summed E-state index contributed by atoms with van der Waals surface area (Å²) in [4.78, 5) is 17.2. The second-order valence-corrected chi connectivity index (χ2v) is 7.70. The van der Waals surface area contributed by atoms with Crippen LogP contribution in [0.3, 0.4) is 0 Å². The molecule has 0 aliphatic rings. The van der Waals surface area contributed by atoms with Crippen LogP contribution in [0.25, 0.3) is 0 Å². The van der Waals surface area contributed by atoms with Gasteiger partial charge in [-0.05, 0) is 71.8 Å². The minimum Gasteiger partial charge on any atom is -0.456 e. The first-order chi connectivity index (χ1) is 12.9. The Morgan fingerprint density at radius 2 is 1.85 bits per heavy atom. The number of rotatable bonds is 5. The van der Waals surface area contributed by atoms with Gasteiger partial charge < -0.3 is 10.1 Å². The van der Waals surface area contributed by atoms with Crippen molar-refractivity contribution in [1.82, 2.24) is 4.98 Å². The van der Waals surface area contributed by atoms with Crippen molar-refractivity contribution in [2.75, 3.05) is 5.32 Å². The van der Waals surface area contributed by atoms with Gasteiger partial charge in [0.15, 0.2) is 0 Å². The van der Waals surface area contributed by atoms with E-state index >= 15 is 0 Å². The predicted octanol–water partition coefficient (Wildman–Crippen LogP) is 6.16. The average Bonchev–Trinajstić information content (AvgIpc) is 2.63. The lowest BCUT2D eigenvalue weighted by molar-refractivity contribution is 0.102. The normalized spacial score (nSPS) is 10.7. The molecule has 0 radical (unpaired) electrons. The summed E-state index contributed by atoms with van der Waals surface area (Å²) < 4.78 is 6.96. The molecule has 3 rings (SSSR count). The van der Waals surface area contributed by atoms with E-state index in [-0.39, 0.29) is 5.91 Å². The Labute approximate surface area is 173 Å². The molecule has 1 heterocycles. The number of carbonyl (C=O) groups is 1. The van der Waals surface area contributed by atoms with E-state index in [1.54, 1.807) is 0 Å². The maximum atomic E-state index is 12.6. The molecule has 138 valence electrons. The minimum absolute atomic E-state index is 0.179. The van der Waals surface area contributed by atoms with Gasteiger partial charge >= 0.3 is 0 Å². The molecule has 1 N–H and O–H groups in total. The second-order valence-electron chi connectivity index (χ2n) is 6.54. The van der Waals surface area contributed by atoms with E-state index in [2.05, 4.69) is 46.7 Å². The van der Waals surface area contributed by atoms with Gasteiger partial charge in [0.25, 0.3) is 5.91 Å². The van der Waals surface area contributed by atoms with E-state index in [0.717, 1.165) is 20.7 Å². The van der Waals surface area contributed by atoms with Gasteiger partial charge in [-0.2, -0.15) is 0 Å². The van der Waals surface area contributed by atoms with Crippen molar-refractivity contribution in [3.63, 3.8) is 0 Å². The van der Waals surface area contributed by atoms with E-state index < -0.39 is 0 Å². The molecule has 3 aromatic rings. The SMILES string of the molecule is Cc1nc(C(C)C)ccc1C(=O)Nc1cccc(Oc2ccccc2I)c1. The van der Waals surface area contributed by atoms with Crippen LogP contribution in [0.4, 0.5) is 5.69 Å². The van der Waals surface area contributed by atoms with E-state index in [4.69, 9.17) is 4.74 Å². The van der Waals surface area contributed by atoms with Crippen molar-refractivity contribution < 1.29 is 9.53 Å². The zero-order valence-electron chi connectivity index (χ0n) is 15.5. The average molecular weight is 472 g/mol. The Morgan fingerprint density at radius 1 is 1.07 bits per heavy atom. The third-order valence-electron chi connectivity index (χ3n) is 4.10. The maximum absolute atomic E-state index is 12.6. The summed E-state index contributed by atoms with van der Waals surface area (Å²) in [6, 6.07) is 18.9. The lowest BCUT2D eigenvalue weighted by atomic mass is 10.1. The molecule has 0 atom stereocenters. The van der Waals surface area contributed by atoms with Crippen LogP contribution in [0.5, 0.6) is 11.5 Å². The Balaban J connectivity index is 1.76. The molecule has 0 saturated heterocycles. The Bertz CT molecular complexity index is 970. The maximum Gasteiger partial charge on any atom is 0.257 e. The molecule has 0 spiro atoms. The van der Waals surface area contributed by atoms with Crippen molar-refractivity contribution in [2.24, 2.45) is 0 Å². The quantitative estimate of drug-likeness (QED) is 0.453. The number of ether oxygens (including phenoxy) is 1. The first-order valence-corrected chi connectivity index (χ1v) is 9.83. The standard InChI is InChI=1S/C22H21IN2O2/c1-14(2)20-12-11-18(15(3)24-20)22(26)25-16-7-6-8-17(13-16)27-21-10-5-4-9-19(21)23/h4-14H,1-3H3,(H,25,26). The molecule has 0 saturated carbocycles. The van der Waals surface area contributed by atoms with Crippen molar-refractivity contribution in [3.05, 3.63) is 81.2 Å². The number of benzene rings is 2. The van der Waals surface area contributed by atoms with E-state index in [0.29, 0.717) is 22.9 Å². The molecule has 0 bridgehead atoms. The van der Waals surface area contributed by atoms with Crippen molar-refractivity contribution in [3.8, 4) is 11.5 Å². The highest BCUT2D eigenvalue weighted by Gasteiger charge is 2.13. The molecule has 0 fully saturated rings. The molecule has 4 nitrogen and oxygen atoms in total. The Hall–Kier alpha value is -2.41. The van der Waals surface area contributed by atoms with E-state index in [1.165, 1.54) is 0 Å². The molecule has 5 heteroatoms. The largest absolute Gasteiger partial charge is 0.456 e. The summed E-state index contributed by atoms with van der Waals surface area (Å²) in [5.74, 6) is 1.60. The zero-order chi connectivity index (χ0) is 19.4. The minimum atomic E-state index is -0.179. The van der Waals surface area contributed by atoms with Crippen LogP contribution in [0.2, 0.25) is 0 Å². The van der Waals surface area contributed by atoms with Gasteiger partial charge in [-0.15, -0.1) is 0 Å². The first kappa shape index (κ1) is 19.4. The van der Waals surface area contributed by atoms with Crippen molar-refractivity contribution in [2.45, 2.75) is 26.7 Å². The summed E-state index contributed by atoms with van der Waals surface area (Å²) in [6.07, 6.45) is 0. The Morgan fingerprint density at radius 3 is 2.56 bits per heavy atom. The van der Waals surface area contributed by atoms with Crippen molar-refractivity contribution in [1.29, 1.82) is 0 Å². The number of anilines is 1. The molecule has 27 heavy (non-hydrogen) atoms. The smallest absolute Gasteiger partial charge is 0.257 e. The summed E-state index contributed by atoms with van der Waals surface area (Å²) in [5.41, 5.74) is 2.96. The fourth-order valence-electron chi connectivity index (χ4n) is 2.63. The van der Waals surface area contributed by atoms with Crippen LogP contribution in [0.1, 0.15) is 41.5 Å². The molecule has 0 unspecified atom stereocenters. The molecule has 0 aliphatic heterocycles. The molecule has 1 aromatic heterocycles. The van der Waals surface area contributed by atoms with Gasteiger partial charge in [0.1, 0.15) is 11.5 Å². The number of halogens is 1. The fraction of sp³-hybridized carbons (Fsp3) is 0.182. The lowest BCUT2D eigenvalue weighted by Gasteiger charge is -2.12. The summed E-state index contributed by atoms with van der Waals surface area (Å²) in [7, 11) is 0. The monoisotopic (exact) mass is 472 g/mol. The van der Waals surface area contributed by atoms with Crippen LogP contribution in [-0.2, 0) is 0 Å². The number of nitrogens with zero attached hydrogens (tertiary/aromatic N) is 1.